The van der Waals surface area contributed by atoms with E-state index in [4.69, 9.17) is 4.74 Å². The number of methoxy groups -OCH3 is 1. The summed E-state index contributed by atoms with van der Waals surface area (Å²) in [7, 11) is 1.70. The van der Waals surface area contributed by atoms with Gasteiger partial charge in [0.2, 0.25) is 0 Å². The SMILES string of the molecule is COc1cc(C(C)C)ccc1-c1cc(C)nc(C)n1. The first-order valence-corrected chi connectivity index (χ1v) is 6.52. The highest BCUT2D eigenvalue weighted by Crippen LogP contribution is 2.32. The van der Waals surface area contributed by atoms with Crippen molar-refractivity contribution in [3.05, 3.63) is 41.3 Å². The zero-order valence-electron chi connectivity index (χ0n) is 12.2. The summed E-state index contributed by atoms with van der Waals surface area (Å²) in [6, 6.07) is 8.29. The lowest BCUT2D eigenvalue weighted by atomic mass is 9.99. The Hall–Kier alpha value is -1.90. The van der Waals surface area contributed by atoms with Crippen LogP contribution in [0.15, 0.2) is 24.3 Å². The van der Waals surface area contributed by atoms with E-state index in [1.54, 1.807) is 7.11 Å². The fraction of sp³-hybridized carbons (Fsp3) is 0.375. The topological polar surface area (TPSA) is 35.0 Å². The van der Waals surface area contributed by atoms with E-state index in [1.165, 1.54) is 5.56 Å². The van der Waals surface area contributed by atoms with Gasteiger partial charge in [-0.2, -0.15) is 0 Å². The van der Waals surface area contributed by atoms with Crippen LogP contribution in [0.2, 0.25) is 0 Å². The van der Waals surface area contributed by atoms with Gasteiger partial charge in [-0.25, -0.2) is 9.97 Å². The van der Waals surface area contributed by atoms with E-state index in [0.29, 0.717) is 5.92 Å². The second kappa shape index (κ2) is 5.39. The van der Waals surface area contributed by atoms with Crippen LogP contribution in [-0.4, -0.2) is 17.1 Å². The molecule has 0 N–H and O–H groups in total. The van der Waals surface area contributed by atoms with Gasteiger partial charge in [-0.15, -0.1) is 0 Å². The lowest BCUT2D eigenvalue weighted by Crippen LogP contribution is -1.97. The van der Waals surface area contributed by atoms with Gasteiger partial charge in [0.05, 0.1) is 12.8 Å². The average Bonchev–Trinajstić information content (AvgIpc) is 2.36. The van der Waals surface area contributed by atoms with Crippen molar-refractivity contribution in [3.8, 4) is 17.0 Å². The first-order valence-electron chi connectivity index (χ1n) is 6.52. The predicted octanol–water partition coefficient (Wildman–Crippen LogP) is 3.89. The number of aromatic nitrogens is 2. The second-order valence-corrected chi connectivity index (χ2v) is 5.06. The molecule has 0 aliphatic heterocycles. The fourth-order valence-electron chi connectivity index (χ4n) is 2.13. The lowest BCUT2D eigenvalue weighted by molar-refractivity contribution is 0.415. The summed E-state index contributed by atoms with van der Waals surface area (Å²) >= 11 is 0. The molecule has 3 heteroatoms. The maximum absolute atomic E-state index is 5.51. The van der Waals surface area contributed by atoms with Gasteiger partial charge >= 0.3 is 0 Å². The van der Waals surface area contributed by atoms with Crippen LogP contribution in [0.5, 0.6) is 5.75 Å². The molecule has 0 aliphatic carbocycles. The van der Waals surface area contributed by atoms with Crippen LogP contribution in [0.25, 0.3) is 11.3 Å². The molecule has 0 amide bonds. The van der Waals surface area contributed by atoms with Crippen LogP contribution in [0.3, 0.4) is 0 Å². The van der Waals surface area contributed by atoms with Crippen molar-refractivity contribution in [1.82, 2.24) is 9.97 Å². The maximum Gasteiger partial charge on any atom is 0.128 e. The summed E-state index contributed by atoms with van der Waals surface area (Å²) in [6.45, 7) is 8.24. The summed E-state index contributed by atoms with van der Waals surface area (Å²) in [5, 5.41) is 0. The second-order valence-electron chi connectivity index (χ2n) is 5.06. The lowest BCUT2D eigenvalue weighted by Gasteiger charge is -2.13. The Morgan fingerprint density at radius 1 is 1.05 bits per heavy atom. The molecule has 0 saturated carbocycles. The van der Waals surface area contributed by atoms with Gasteiger partial charge in [0.1, 0.15) is 11.6 Å². The van der Waals surface area contributed by atoms with Crippen molar-refractivity contribution in [2.24, 2.45) is 0 Å². The molecule has 19 heavy (non-hydrogen) atoms. The number of rotatable bonds is 3. The maximum atomic E-state index is 5.51. The molecule has 2 aromatic rings. The molecule has 3 nitrogen and oxygen atoms in total. The molecule has 0 spiro atoms. The highest BCUT2D eigenvalue weighted by Gasteiger charge is 2.11. The molecule has 100 valence electrons. The highest BCUT2D eigenvalue weighted by molar-refractivity contribution is 5.68. The van der Waals surface area contributed by atoms with E-state index >= 15 is 0 Å². The van der Waals surface area contributed by atoms with E-state index in [-0.39, 0.29) is 0 Å². The van der Waals surface area contributed by atoms with Gasteiger partial charge in [-0.3, -0.25) is 0 Å². The molecular weight excluding hydrogens is 236 g/mol. The quantitative estimate of drug-likeness (QED) is 0.835. The van der Waals surface area contributed by atoms with Gasteiger partial charge in [-0.05, 0) is 43.5 Å². The summed E-state index contributed by atoms with van der Waals surface area (Å²) < 4.78 is 5.51. The van der Waals surface area contributed by atoms with Crippen LogP contribution in [-0.2, 0) is 0 Å². The largest absolute Gasteiger partial charge is 0.496 e. The standard InChI is InChI=1S/C16H20N2O/c1-10(2)13-6-7-14(16(9-13)19-5)15-8-11(3)17-12(4)18-15/h6-10H,1-5H3. The molecule has 0 aliphatic rings. The Labute approximate surface area is 114 Å². The fourth-order valence-corrected chi connectivity index (χ4v) is 2.13. The molecule has 0 unspecified atom stereocenters. The van der Waals surface area contributed by atoms with E-state index in [1.807, 2.05) is 19.9 Å². The summed E-state index contributed by atoms with van der Waals surface area (Å²) in [5.41, 5.74) is 4.17. The van der Waals surface area contributed by atoms with Gasteiger partial charge in [-0.1, -0.05) is 19.9 Å². The smallest absolute Gasteiger partial charge is 0.128 e. The molecule has 2 rings (SSSR count). The minimum Gasteiger partial charge on any atom is -0.496 e. The van der Waals surface area contributed by atoms with Gasteiger partial charge < -0.3 is 4.74 Å². The minimum atomic E-state index is 0.483. The predicted molar refractivity (Wildman–Crippen MR) is 77.6 cm³/mol. The zero-order chi connectivity index (χ0) is 14.0. The summed E-state index contributed by atoms with van der Waals surface area (Å²) in [4.78, 5) is 8.81. The molecule has 0 atom stereocenters. The normalized spacial score (nSPS) is 10.8. The van der Waals surface area contributed by atoms with E-state index in [9.17, 15) is 0 Å². The van der Waals surface area contributed by atoms with Crippen LogP contribution >= 0.6 is 0 Å². The molecule has 0 fully saturated rings. The Bertz CT molecular complexity index is 571. The number of benzene rings is 1. The van der Waals surface area contributed by atoms with E-state index in [0.717, 1.165) is 28.5 Å². The zero-order valence-corrected chi connectivity index (χ0v) is 12.2. The average molecular weight is 256 g/mol. The highest BCUT2D eigenvalue weighted by atomic mass is 16.5. The van der Waals surface area contributed by atoms with Crippen molar-refractivity contribution >= 4 is 0 Å². The van der Waals surface area contributed by atoms with Gasteiger partial charge in [0, 0.05) is 11.3 Å². The Morgan fingerprint density at radius 2 is 1.79 bits per heavy atom. The first-order chi connectivity index (χ1) is 9.01. The molecule has 1 aromatic carbocycles. The third-order valence-electron chi connectivity index (χ3n) is 3.13. The monoisotopic (exact) mass is 256 g/mol. The van der Waals surface area contributed by atoms with Crippen LogP contribution in [0.4, 0.5) is 0 Å². The molecule has 0 radical (unpaired) electrons. The van der Waals surface area contributed by atoms with Crippen molar-refractivity contribution < 1.29 is 4.74 Å². The molecular formula is C16H20N2O. The van der Waals surface area contributed by atoms with E-state index < -0.39 is 0 Å². The Kier molecular flexibility index (Phi) is 3.84. The van der Waals surface area contributed by atoms with Crippen molar-refractivity contribution in [3.63, 3.8) is 0 Å². The summed E-state index contributed by atoms with van der Waals surface area (Å²) in [6.07, 6.45) is 0. The Morgan fingerprint density at radius 3 is 2.37 bits per heavy atom. The minimum absolute atomic E-state index is 0.483. The number of hydrogen-bond acceptors (Lipinski definition) is 3. The number of nitrogens with zero attached hydrogens (tertiary/aromatic N) is 2. The third-order valence-corrected chi connectivity index (χ3v) is 3.13. The number of aryl methyl sites for hydroxylation is 2. The number of hydrogen-bond donors (Lipinski definition) is 0. The molecule has 1 heterocycles. The van der Waals surface area contributed by atoms with Gasteiger partial charge in [0.25, 0.3) is 0 Å². The van der Waals surface area contributed by atoms with Crippen molar-refractivity contribution in [1.29, 1.82) is 0 Å². The third kappa shape index (κ3) is 2.92. The first kappa shape index (κ1) is 13.5. The van der Waals surface area contributed by atoms with Crippen LogP contribution < -0.4 is 4.74 Å². The van der Waals surface area contributed by atoms with E-state index in [2.05, 4.69) is 42.0 Å². The molecule has 0 saturated heterocycles. The van der Waals surface area contributed by atoms with Crippen molar-refractivity contribution in [2.45, 2.75) is 33.6 Å². The van der Waals surface area contributed by atoms with Gasteiger partial charge in [0.15, 0.2) is 0 Å². The molecule has 0 bridgehead atoms. The number of ether oxygens (including phenoxy) is 1. The van der Waals surface area contributed by atoms with Crippen molar-refractivity contribution in [2.75, 3.05) is 7.11 Å². The Balaban J connectivity index is 2.55. The van der Waals surface area contributed by atoms with Crippen LogP contribution in [0.1, 0.15) is 36.8 Å². The molecule has 1 aromatic heterocycles. The summed E-state index contributed by atoms with van der Waals surface area (Å²) in [5.74, 6) is 2.13. The van der Waals surface area contributed by atoms with Crippen LogP contribution in [0, 0.1) is 13.8 Å².